The average molecular weight is 337 g/mol. The highest BCUT2D eigenvalue weighted by Crippen LogP contribution is 2.45. The van der Waals surface area contributed by atoms with Crippen LogP contribution in [0.5, 0.6) is 0 Å². The van der Waals surface area contributed by atoms with E-state index in [4.69, 9.17) is 0 Å². The highest BCUT2D eigenvalue weighted by Gasteiger charge is 2.31. The largest absolute Gasteiger partial charge is 0.323 e. The predicted molar refractivity (Wildman–Crippen MR) is 85.1 cm³/mol. The second kappa shape index (κ2) is 5.40. The van der Waals surface area contributed by atoms with Crippen molar-refractivity contribution >= 4 is 27.6 Å². The fourth-order valence-corrected chi connectivity index (χ4v) is 4.50. The minimum atomic E-state index is -0.0231. The van der Waals surface area contributed by atoms with Crippen molar-refractivity contribution in [2.24, 2.45) is 11.8 Å². The van der Waals surface area contributed by atoms with Crippen LogP contribution in [-0.4, -0.2) is 18.0 Å². The van der Waals surface area contributed by atoms with E-state index in [0.29, 0.717) is 11.4 Å². The summed E-state index contributed by atoms with van der Waals surface area (Å²) < 4.78 is 0. The third kappa shape index (κ3) is 2.46. The molecule has 1 aliphatic carbocycles. The molecule has 0 bridgehead atoms. The Labute approximate surface area is 128 Å². The molecule has 3 atom stereocenters. The Morgan fingerprint density at radius 3 is 2.90 bits per heavy atom. The molecule has 2 amide bonds. The molecule has 3 rings (SSSR count). The Hall–Kier alpha value is -1.03. The lowest BCUT2D eigenvalue weighted by Gasteiger charge is -2.28. The number of carbonyl (C=O) groups excluding carboxylic acids is 1. The van der Waals surface area contributed by atoms with Crippen LogP contribution >= 0.6 is 15.9 Å². The lowest BCUT2D eigenvalue weighted by atomic mass is 9.90. The van der Waals surface area contributed by atoms with Crippen LogP contribution in [0, 0.1) is 11.8 Å². The average Bonchev–Trinajstić information content (AvgIpc) is 2.85. The summed E-state index contributed by atoms with van der Waals surface area (Å²) in [7, 11) is 1.83. The van der Waals surface area contributed by atoms with E-state index in [-0.39, 0.29) is 6.03 Å². The van der Waals surface area contributed by atoms with Gasteiger partial charge in [-0.1, -0.05) is 47.8 Å². The summed E-state index contributed by atoms with van der Waals surface area (Å²) in [5, 5.41) is 2.93. The molecule has 1 heterocycles. The Kier molecular flexibility index (Phi) is 3.76. The van der Waals surface area contributed by atoms with Gasteiger partial charge in [-0.3, -0.25) is 0 Å². The zero-order valence-corrected chi connectivity index (χ0v) is 13.6. The minimum absolute atomic E-state index is 0.0231. The van der Waals surface area contributed by atoms with Crippen LogP contribution in [0.4, 0.5) is 10.5 Å². The van der Waals surface area contributed by atoms with Gasteiger partial charge in [0.25, 0.3) is 0 Å². The second-order valence-electron chi connectivity index (χ2n) is 6.18. The van der Waals surface area contributed by atoms with Crippen molar-refractivity contribution in [2.75, 3.05) is 12.4 Å². The number of carbonyl (C=O) groups is 1. The lowest BCUT2D eigenvalue weighted by molar-refractivity contribution is 0.218. The number of alkyl halides is 1. The first-order chi connectivity index (χ1) is 9.56. The molecule has 20 heavy (non-hydrogen) atoms. The minimum Gasteiger partial charge on any atom is -0.323 e. The fraction of sp³-hybridized carbons (Fsp3) is 0.562. The van der Waals surface area contributed by atoms with Crippen LogP contribution in [0.2, 0.25) is 0 Å². The van der Waals surface area contributed by atoms with E-state index in [2.05, 4.69) is 40.3 Å². The highest BCUT2D eigenvalue weighted by molar-refractivity contribution is 9.09. The number of hydrogen-bond acceptors (Lipinski definition) is 1. The van der Waals surface area contributed by atoms with Crippen LogP contribution in [0.1, 0.15) is 42.1 Å². The van der Waals surface area contributed by atoms with Crippen molar-refractivity contribution in [3.63, 3.8) is 0 Å². The van der Waals surface area contributed by atoms with Crippen LogP contribution in [0.15, 0.2) is 18.2 Å². The van der Waals surface area contributed by atoms with Gasteiger partial charge in [0, 0.05) is 24.1 Å². The number of nitrogens with one attached hydrogen (secondary N) is 1. The Bertz CT molecular complexity index is 531. The van der Waals surface area contributed by atoms with Gasteiger partial charge < -0.3 is 10.2 Å². The number of halogens is 1. The molecular formula is C16H21BrN2O. The molecule has 1 aliphatic heterocycles. The molecule has 3 unspecified atom stereocenters. The fourth-order valence-electron chi connectivity index (χ4n) is 3.43. The van der Waals surface area contributed by atoms with Gasteiger partial charge in [-0.05, 0) is 35.4 Å². The molecule has 1 saturated carbocycles. The van der Waals surface area contributed by atoms with Crippen LogP contribution in [-0.2, 0) is 6.54 Å². The summed E-state index contributed by atoms with van der Waals surface area (Å²) in [6, 6.07) is 6.42. The quantitative estimate of drug-likeness (QED) is 0.790. The normalized spacial score (nSPS) is 27.1. The van der Waals surface area contributed by atoms with E-state index in [0.717, 1.165) is 17.5 Å². The monoisotopic (exact) mass is 336 g/mol. The van der Waals surface area contributed by atoms with Gasteiger partial charge in [0.05, 0.1) is 0 Å². The first kappa shape index (κ1) is 13.9. The molecule has 2 aliphatic rings. The van der Waals surface area contributed by atoms with E-state index >= 15 is 0 Å². The number of amides is 2. The molecule has 0 aromatic heterocycles. The van der Waals surface area contributed by atoms with Gasteiger partial charge in [0.15, 0.2) is 0 Å². The van der Waals surface area contributed by atoms with E-state index < -0.39 is 0 Å². The zero-order chi connectivity index (χ0) is 14.3. The zero-order valence-electron chi connectivity index (χ0n) is 12.0. The van der Waals surface area contributed by atoms with Crippen LogP contribution < -0.4 is 5.32 Å². The van der Waals surface area contributed by atoms with Gasteiger partial charge in [-0.15, -0.1) is 0 Å². The Morgan fingerprint density at radius 1 is 1.40 bits per heavy atom. The van der Waals surface area contributed by atoms with E-state index in [9.17, 15) is 4.79 Å². The van der Waals surface area contributed by atoms with Crippen molar-refractivity contribution in [3.05, 3.63) is 29.3 Å². The highest BCUT2D eigenvalue weighted by atomic mass is 79.9. The van der Waals surface area contributed by atoms with Crippen LogP contribution in [0.3, 0.4) is 0 Å². The molecule has 1 N–H and O–H groups in total. The molecule has 1 aromatic rings. The summed E-state index contributed by atoms with van der Waals surface area (Å²) in [5.74, 6) is 1.52. The summed E-state index contributed by atoms with van der Waals surface area (Å²) in [6.45, 7) is 3.05. The number of hydrogen-bond donors (Lipinski definition) is 1. The molecule has 1 aromatic carbocycles. The van der Waals surface area contributed by atoms with Gasteiger partial charge in [-0.25, -0.2) is 4.79 Å². The molecule has 0 saturated heterocycles. The number of rotatable bonds is 2. The van der Waals surface area contributed by atoms with Gasteiger partial charge in [0.2, 0.25) is 0 Å². The molecule has 3 nitrogen and oxygen atoms in total. The molecule has 4 heteroatoms. The molecule has 1 fully saturated rings. The summed E-state index contributed by atoms with van der Waals surface area (Å²) in [5.41, 5.74) is 3.50. The van der Waals surface area contributed by atoms with E-state index in [1.165, 1.54) is 30.4 Å². The van der Waals surface area contributed by atoms with Crippen molar-refractivity contribution in [1.29, 1.82) is 0 Å². The third-order valence-corrected chi connectivity index (χ3v) is 5.95. The topological polar surface area (TPSA) is 32.3 Å². The number of nitrogens with zero attached hydrogens (tertiary/aromatic N) is 1. The van der Waals surface area contributed by atoms with E-state index in [1.807, 2.05) is 13.1 Å². The Morgan fingerprint density at radius 2 is 2.20 bits per heavy atom. The maximum Gasteiger partial charge on any atom is 0.321 e. The van der Waals surface area contributed by atoms with Crippen molar-refractivity contribution < 1.29 is 4.79 Å². The third-order valence-electron chi connectivity index (χ3n) is 4.75. The molecule has 108 valence electrons. The van der Waals surface area contributed by atoms with Gasteiger partial charge in [0.1, 0.15) is 0 Å². The summed E-state index contributed by atoms with van der Waals surface area (Å²) in [4.78, 5) is 13.8. The maximum atomic E-state index is 11.6. The number of fused-ring (bicyclic) bond motifs is 1. The first-order valence-corrected chi connectivity index (χ1v) is 8.27. The number of benzene rings is 1. The molecule has 0 radical (unpaired) electrons. The smallest absolute Gasteiger partial charge is 0.321 e. The summed E-state index contributed by atoms with van der Waals surface area (Å²) >= 11 is 3.91. The van der Waals surface area contributed by atoms with Crippen molar-refractivity contribution in [3.8, 4) is 0 Å². The van der Waals surface area contributed by atoms with Gasteiger partial charge >= 0.3 is 6.03 Å². The predicted octanol–water partition coefficient (Wildman–Crippen LogP) is 4.54. The van der Waals surface area contributed by atoms with Crippen molar-refractivity contribution in [1.82, 2.24) is 4.90 Å². The molecule has 0 spiro atoms. The number of urea groups is 1. The maximum absolute atomic E-state index is 11.6. The van der Waals surface area contributed by atoms with Crippen molar-refractivity contribution in [2.45, 2.75) is 37.6 Å². The Balaban J connectivity index is 1.85. The first-order valence-electron chi connectivity index (χ1n) is 7.35. The van der Waals surface area contributed by atoms with Crippen LogP contribution in [0.25, 0.3) is 0 Å². The summed E-state index contributed by atoms with van der Waals surface area (Å²) in [6.07, 6.45) is 4.00. The lowest BCUT2D eigenvalue weighted by Crippen LogP contribution is -2.35. The van der Waals surface area contributed by atoms with Gasteiger partial charge in [-0.2, -0.15) is 0 Å². The SMILES string of the molecule is CC1CCCC1C(Br)c1ccc2c(c1)CN(C)C(=O)N2. The standard InChI is InChI=1S/C16H21BrN2O/c1-10-4-3-5-13(10)15(17)11-6-7-14-12(8-11)9-19(2)16(20)18-14/h6-8,10,13,15H,3-5,9H2,1-2H3,(H,18,20). The second-order valence-corrected chi connectivity index (χ2v) is 7.16. The molecular weight excluding hydrogens is 316 g/mol. The van der Waals surface area contributed by atoms with E-state index in [1.54, 1.807) is 4.90 Å². The number of anilines is 1.